The number of amides is 1. The normalized spacial score (nSPS) is 11.8. The van der Waals surface area contributed by atoms with Gasteiger partial charge in [-0.25, -0.2) is 4.98 Å². The van der Waals surface area contributed by atoms with Gasteiger partial charge in [0.1, 0.15) is 5.82 Å². The Bertz CT molecular complexity index is 1010. The molecule has 148 valence electrons. The van der Waals surface area contributed by atoms with E-state index in [1.165, 1.54) is 27.8 Å². The van der Waals surface area contributed by atoms with Crippen LogP contribution < -0.4 is 5.32 Å². The van der Waals surface area contributed by atoms with Crippen molar-refractivity contribution in [1.82, 2.24) is 14.9 Å². The first-order valence-electron chi connectivity index (χ1n) is 9.88. The Morgan fingerprint density at radius 1 is 1.04 bits per heavy atom. The number of nitrogens with one attached hydrogen (secondary N) is 1. The number of carbonyl (C=O) groups excluding carboxylic acids is 1. The summed E-state index contributed by atoms with van der Waals surface area (Å²) in [6.07, 6.45) is 0. The number of fused-ring (bicyclic) bond motifs is 1. The number of rotatable bonds is 4. The first kappa shape index (κ1) is 20.1. The van der Waals surface area contributed by atoms with E-state index in [9.17, 15) is 4.79 Å². The molecule has 1 amide bonds. The van der Waals surface area contributed by atoms with Crippen LogP contribution >= 0.6 is 0 Å². The van der Waals surface area contributed by atoms with Crippen molar-refractivity contribution in [2.45, 2.75) is 61.6 Å². The molecule has 0 fully saturated rings. The number of nitrogens with zero attached hydrogens (tertiary/aromatic N) is 2. The highest BCUT2D eigenvalue weighted by atomic mass is 16.2. The van der Waals surface area contributed by atoms with Crippen LogP contribution in [0.1, 0.15) is 54.4 Å². The quantitative estimate of drug-likeness (QED) is 0.697. The van der Waals surface area contributed by atoms with E-state index in [1.807, 2.05) is 39.0 Å². The molecule has 1 N–H and O–H groups in total. The van der Waals surface area contributed by atoms with Gasteiger partial charge in [-0.1, -0.05) is 39.0 Å². The minimum absolute atomic E-state index is 0.0323. The van der Waals surface area contributed by atoms with Crippen LogP contribution in [-0.2, 0) is 17.9 Å². The molecule has 0 unspecified atom stereocenters. The van der Waals surface area contributed by atoms with E-state index in [1.54, 1.807) is 0 Å². The van der Waals surface area contributed by atoms with Gasteiger partial charge in [0.25, 0.3) is 0 Å². The highest BCUT2D eigenvalue weighted by molar-refractivity contribution is 5.81. The molecule has 4 nitrogen and oxygen atoms in total. The van der Waals surface area contributed by atoms with Crippen molar-refractivity contribution in [2.24, 2.45) is 5.41 Å². The van der Waals surface area contributed by atoms with Crippen LogP contribution in [0.5, 0.6) is 0 Å². The zero-order valence-electron chi connectivity index (χ0n) is 18.1. The largest absolute Gasteiger partial charge is 0.348 e. The number of hydrogen-bond acceptors (Lipinski definition) is 2. The zero-order valence-corrected chi connectivity index (χ0v) is 18.1. The molecule has 28 heavy (non-hydrogen) atoms. The maximum Gasteiger partial charge on any atom is 0.225 e. The Labute approximate surface area is 168 Å². The van der Waals surface area contributed by atoms with E-state index < -0.39 is 5.41 Å². The van der Waals surface area contributed by atoms with Crippen molar-refractivity contribution < 1.29 is 4.79 Å². The molecule has 4 heteroatoms. The second-order valence-electron chi connectivity index (χ2n) is 8.77. The zero-order chi connectivity index (χ0) is 20.6. The van der Waals surface area contributed by atoms with Gasteiger partial charge in [-0.3, -0.25) is 4.79 Å². The SMILES string of the molecule is Cc1cc(C)c(C)c(Cn2c(CNC(=O)C(C)(C)C)nc3ccccc32)c1C. The summed E-state index contributed by atoms with van der Waals surface area (Å²) in [5.41, 5.74) is 8.25. The van der Waals surface area contributed by atoms with Gasteiger partial charge in [0.05, 0.1) is 17.6 Å². The summed E-state index contributed by atoms with van der Waals surface area (Å²) in [4.78, 5) is 17.2. The Morgan fingerprint density at radius 3 is 2.25 bits per heavy atom. The minimum Gasteiger partial charge on any atom is -0.348 e. The average Bonchev–Trinajstić information content (AvgIpc) is 2.98. The predicted octanol–water partition coefficient (Wildman–Crippen LogP) is 4.98. The fraction of sp³-hybridized carbons (Fsp3) is 0.417. The molecule has 3 aromatic rings. The topological polar surface area (TPSA) is 46.9 Å². The van der Waals surface area contributed by atoms with Crippen LogP contribution in [0, 0.1) is 33.1 Å². The molecule has 0 spiro atoms. The van der Waals surface area contributed by atoms with Crippen LogP contribution in [0.4, 0.5) is 0 Å². The number of benzene rings is 2. The molecule has 0 aliphatic carbocycles. The van der Waals surface area contributed by atoms with Crippen molar-refractivity contribution >= 4 is 16.9 Å². The summed E-state index contributed by atoms with van der Waals surface area (Å²) in [6, 6.07) is 10.4. The lowest BCUT2D eigenvalue weighted by atomic mass is 9.94. The van der Waals surface area contributed by atoms with Crippen LogP contribution in [0.3, 0.4) is 0 Å². The maximum atomic E-state index is 12.4. The maximum absolute atomic E-state index is 12.4. The van der Waals surface area contributed by atoms with Gasteiger partial charge in [-0.05, 0) is 67.6 Å². The van der Waals surface area contributed by atoms with Crippen LogP contribution in [0.2, 0.25) is 0 Å². The number of aryl methyl sites for hydroxylation is 2. The molecular formula is C24H31N3O. The van der Waals surface area contributed by atoms with Crippen LogP contribution in [0.15, 0.2) is 30.3 Å². The van der Waals surface area contributed by atoms with Gasteiger partial charge < -0.3 is 9.88 Å². The average molecular weight is 378 g/mol. The second kappa shape index (κ2) is 7.42. The number of carbonyl (C=O) groups is 1. The van der Waals surface area contributed by atoms with Crippen molar-refractivity contribution in [3.05, 3.63) is 64.0 Å². The Hall–Kier alpha value is -2.62. The van der Waals surface area contributed by atoms with Crippen molar-refractivity contribution in [2.75, 3.05) is 0 Å². The molecule has 1 heterocycles. The van der Waals surface area contributed by atoms with Gasteiger partial charge in [0, 0.05) is 12.0 Å². The summed E-state index contributed by atoms with van der Waals surface area (Å²) in [6.45, 7) is 15.7. The lowest BCUT2D eigenvalue weighted by Crippen LogP contribution is -2.35. The summed E-state index contributed by atoms with van der Waals surface area (Å²) in [5, 5.41) is 3.06. The third-order valence-electron chi connectivity index (χ3n) is 5.66. The van der Waals surface area contributed by atoms with E-state index in [0.29, 0.717) is 6.54 Å². The van der Waals surface area contributed by atoms with E-state index >= 15 is 0 Å². The highest BCUT2D eigenvalue weighted by Crippen LogP contribution is 2.25. The van der Waals surface area contributed by atoms with Crippen molar-refractivity contribution in [1.29, 1.82) is 0 Å². The third-order valence-corrected chi connectivity index (χ3v) is 5.66. The molecular weight excluding hydrogens is 346 g/mol. The van der Waals surface area contributed by atoms with Gasteiger partial charge in [-0.15, -0.1) is 0 Å². The molecule has 0 saturated heterocycles. The van der Waals surface area contributed by atoms with Crippen molar-refractivity contribution in [3.8, 4) is 0 Å². The molecule has 0 bridgehead atoms. The number of aromatic nitrogens is 2. The standard InChI is InChI=1S/C24H31N3O/c1-15-12-16(2)18(4)19(17(15)3)14-27-21-11-9-8-10-20(21)26-22(27)13-25-23(28)24(5,6)7/h8-12H,13-14H2,1-7H3,(H,25,28). The Kier molecular flexibility index (Phi) is 5.33. The predicted molar refractivity (Wildman–Crippen MR) is 116 cm³/mol. The van der Waals surface area contributed by atoms with Gasteiger partial charge in [0.15, 0.2) is 0 Å². The summed E-state index contributed by atoms with van der Waals surface area (Å²) >= 11 is 0. The molecule has 1 aromatic heterocycles. The lowest BCUT2D eigenvalue weighted by Gasteiger charge is -2.19. The minimum atomic E-state index is -0.419. The van der Waals surface area contributed by atoms with E-state index in [0.717, 1.165) is 23.4 Å². The molecule has 0 aliphatic heterocycles. The molecule has 3 rings (SSSR count). The number of imidazole rings is 1. The first-order valence-corrected chi connectivity index (χ1v) is 9.88. The van der Waals surface area contributed by atoms with Crippen LogP contribution in [0.25, 0.3) is 11.0 Å². The number of hydrogen-bond donors (Lipinski definition) is 1. The van der Waals surface area contributed by atoms with Crippen molar-refractivity contribution in [3.63, 3.8) is 0 Å². The fourth-order valence-corrected chi connectivity index (χ4v) is 3.56. The Morgan fingerprint density at radius 2 is 1.64 bits per heavy atom. The molecule has 0 aliphatic rings. The summed E-state index contributed by atoms with van der Waals surface area (Å²) < 4.78 is 2.24. The molecule has 0 atom stereocenters. The van der Waals surface area contributed by atoms with Gasteiger partial charge in [-0.2, -0.15) is 0 Å². The monoisotopic (exact) mass is 377 g/mol. The molecule has 2 aromatic carbocycles. The third kappa shape index (κ3) is 3.82. The first-order chi connectivity index (χ1) is 13.1. The Balaban J connectivity index is 2.04. The smallest absolute Gasteiger partial charge is 0.225 e. The fourth-order valence-electron chi connectivity index (χ4n) is 3.56. The summed E-state index contributed by atoms with van der Waals surface area (Å²) in [5.74, 6) is 0.918. The lowest BCUT2D eigenvalue weighted by molar-refractivity contribution is -0.128. The van der Waals surface area contributed by atoms with E-state index in [2.05, 4.69) is 49.7 Å². The summed E-state index contributed by atoms with van der Waals surface area (Å²) in [7, 11) is 0. The van der Waals surface area contributed by atoms with E-state index in [-0.39, 0.29) is 5.91 Å². The van der Waals surface area contributed by atoms with Crippen LogP contribution in [-0.4, -0.2) is 15.5 Å². The highest BCUT2D eigenvalue weighted by Gasteiger charge is 2.22. The van der Waals surface area contributed by atoms with E-state index in [4.69, 9.17) is 4.98 Å². The second-order valence-corrected chi connectivity index (χ2v) is 8.77. The molecule has 0 saturated carbocycles. The van der Waals surface area contributed by atoms with Gasteiger partial charge in [0.2, 0.25) is 5.91 Å². The van der Waals surface area contributed by atoms with Gasteiger partial charge >= 0.3 is 0 Å². The molecule has 0 radical (unpaired) electrons. The number of para-hydroxylation sites is 2.